The van der Waals surface area contributed by atoms with E-state index in [0.717, 1.165) is 56.8 Å². The Morgan fingerprint density at radius 2 is 1.38 bits per heavy atom. The fourth-order valence-electron chi connectivity index (χ4n) is 3.78. The minimum absolute atomic E-state index is 0.507. The molecule has 5 rings (SSSR count). The molecule has 3 aliphatic rings. The van der Waals surface area contributed by atoms with Crippen molar-refractivity contribution in [1.82, 2.24) is 25.2 Å². The number of hydrogen-bond acceptors (Lipinski definition) is 8. The molecule has 0 amide bonds. The summed E-state index contributed by atoms with van der Waals surface area (Å²) in [5.74, 6) is 2.85. The van der Waals surface area contributed by atoms with Gasteiger partial charge >= 0.3 is 0 Å². The Morgan fingerprint density at radius 3 is 1.96 bits per heavy atom. The minimum atomic E-state index is 0.507. The van der Waals surface area contributed by atoms with Gasteiger partial charge in [-0.05, 0) is 41.9 Å². The summed E-state index contributed by atoms with van der Waals surface area (Å²) in [7, 11) is 0. The van der Waals surface area contributed by atoms with E-state index in [1.54, 1.807) is 0 Å². The molecule has 8 heteroatoms. The Kier molecular flexibility index (Phi) is 3.50. The van der Waals surface area contributed by atoms with Crippen molar-refractivity contribution in [2.45, 2.75) is 25.7 Å². The van der Waals surface area contributed by atoms with E-state index in [1.807, 2.05) is 0 Å². The molecule has 0 spiro atoms. The molecule has 8 nitrogen and oxygen atoms in total. The van der Waals surface area contributed by atoms with Crippen LogP contribution in [0.1, 0.15) is 25.7 Å². The van der Waals surface area contributed by atoms with Crippen LogP contribution in [0.2, 0.25) is 0 Å². The Hall–Kier alpha value is -1.96. The van der Waals surface area contributed by atoms with Gasteiger partial charge in [0.05, 0.1) is 0 Å². The largest absolute Gasteiger partial charge is 0.353 e. The zero-order valence-electron chi connectivity index (χ0n) is 13.9. The Labute approximate surface area is 140 Å². The summed E-state index contributed by atoms with van der Waals surface area (Å²) in [5, 5.41) is 7.76. The zero-order chi connectivity index (χ0) is 15.9. The Morgan fingerprint density at radius 1 is 0.792 bits per heavy atom. The average Bonchev–Trinajstić information content (AvgIpc) is 3.10. The first-order valence-electron chi connectivity index (χ1n) is 9.09. The molecule has 128 valence electrons. The number of anilines is 2. The molecule has 2 saturated heterocycles. The highest BCUT2D eigenvalue weighted by atomic mass is 16.6. The average molecular weight is 329 g/mol. The molecule has 0 bridgehead atoms. The molecule has 24 heavy (non-hydrogen) atoms. The van der Waals surface area contributed by atoms with Crippen LogP contribution in [-0.4, -0.2) is 71.0 Å². The predicted octanol–water partition coefficient (Wildman–Crippen LogP) is 1.14. The van der Waals surface area contributed by atoms with Crippen LogP contribution in [-0.2, 0) is 0 Å². The molecule has 0 radical (unpaired) electrons. The van der Waals surface area contributed by atoms with Crippen LogP contribution in [0.5, 0.6) is 0 Å². The van der Waals surface area contributed by atoms with E-state index in [1.165, 1.54) is 32.2 Å². The lowest BCUT2D eigenvalue weighted by molar-refractivity contribution is 0.247. The van der Waals surface area contributed by atoms with Gasteiger partial charge in [0.1, 0.15) is 0 Å². The number of fused-ring (bicyclic) bond motifs is 1. The van der Waals surface area contributed by atoms with Crippen molar-refractivity contribution in [2.75, 3.05) is 55.6 Å². The van der Waals surface area contributed by atoms with Gasteiger partial charge in [-0.1, -0.05) is 0 Å². The SMILES string of the molecule is C1CCN(c2nc3nonc3nc2N2CCN(CC3CC3)CC2)C1. The highest BCUT2D eigenvalue weighted by molar-refractivity contribution is 5.75. The Bertz CT molecular complexity index is 714. The van der Waals surface area contributed by atoms with E-state index in [4.69, 9.17) is 14.6 Å². The quantitative estimate of drug-likeness (QED) is 0.827. The Balaban J connectivity index is 1.41. The van der Waals surface area contributed by atoms with Gasteiger partial charge in [0.15, 0.2) is 11.6 Å². The lowest BCUT2D eigenvalue weighted by atomic mass is 10.2. The van der Waals surface area contributed by atoms with E-state index in [-0.39, 0.29) is 0 Å². The van der Waals surface area contributed by atoms with Crippen molar-refractivity contribution in [2.24, 2.45) is 5.92 Å². The highest BCUT2D eigenvalue weighted by Gasteiger charge is 2.29. The van der Waals surface area contributed by atoms with Crippen LogP contribution >= 0.6 is 0 Å². The fourth-order valence-corrected chi connectivity index (χ4v) is 3.78. The number of nitrogens with zero attached hydrogens (tertiary/aromatic N) is 7. The summed E-state index contributed by atoms with van der Waals surface area (Å²) < 4.78 is 4.82. The fraction of sp³-hybridized carbons (Fsp3) is 0.750. The van der Waals surface area contributed by atoms with Crippen LogP contribution in [0.25, 0.3) is 11.3 Å². The van der Waals surface area contributed by atoms with Gasteiger partial charge in [-0.2, -0.15) is 0 Å². The summed E-state index contributed by atoms with van der Waals surface area (Å²) in [5.41, 5.74) is 1.02. The third-order valence-electron chi connectivity index (χ3n) is 5.37. The highest BCUT2D eigenvalue weighted by Crippen LogP contribution is 2.32. The minimum Gasteiger partial charge on any atom is -0.353 e. The summed E-state index contributed by atoms with van der Waals surface area (Å²) in [6, 6.07) is 0. The second-order valence-electron chi connectivity index (χ2n) is 7.21. The maximum atomic E-state index is 4.82. The van der Waals surface area contributed by atoms with Crippen LogP contribution in [0.3, 0.4) is 0 Å². The molecule has 4 heterocycles. The van der Waals surface area contributed by atoms with Gasteiger partial charge in [-0.25, -0.2) is 14.6 Å². The molecule has 0 unspecified atom stereocenters. The van der Waals surface area contributed by atoms with Crippen molar-refractivity contribution < 1.29 is 4.63 Å². The molecule has 1 saturated carbocycles. The van der Waals surface area contributed by atoms with Crippen LogP contribution in [0.4, 0.5) is 11.6 Å². The van der Waals surface area contributed by atoms with Crippen molar-refractivity contribution in [3.05, 3.63) is 0 Å². The molecule has 2 aromatic rings. The third kappa shape index (κ3) is 2.68. The van der Waals surface area contributed by atoms with E-state index in [2.05, 4.69) is 25.0 Å². The molecular formula is C16H23N7O. The van der Waals surface area contributed by atoms with E-state index < -0.39 is 0 Å². The molecule has 2 aromatic heterocycles. The van der Waals surface area contributed by atoms with E-state index >= 15 is 0 Å². The van der Waals surface area contributed by atoms with Gasteiger partial charge < -0.3 is 9.80 Å². The zero-order valence-corrected chi connectivity index (χ0v) is 13.9. The van der Waals surface area contributed by atoms with Gasteiger partial charge in [-0.15, -0.1) is 0 Å². The molecule has 1 aliphatic carbocycles. The van der Waals surface area contributed by atoms with Crippen molar-refractivity contribution in [1.29, 1.82) is 0 Å². The van der Waals surface area contributed by atoms with Gasteiger partial charge in [0.2, 0.25) is 11.3 Å². The third-order valence-corrected chi connectivity index (χ3v) is 5.37. The summed E-state index contributed by atoms with van der Waals surface area (Å²) in [6.45, 7) is 7.56. The maximum absolute atomic E-state index is 4.82. The summed E-state index contributed by atoms with van der Waals surface area (Å²) in [4.78, 5) is 16.7. The van der Waals surface area contributed by atoms with Gasteiger partial charge in [-0.3, -0.25) is 4.90 Å². The number of hydrogen-bond donors (Lipinski definition) is 0. The standard InChI is InChI=1S/C16H23N7O/c1-2-6-22(5-1)15-16(18-14-13(17-15)19-24-20-14)23-9-7-21(8-10-23)11-12-3-4-12/h12H,1-11H2. The van der Waals surface area contributed by atoms with Gasteiger partial charge in [0, 0.05) is 45.8 Å². The molecule has 2 aliphatic heterocycles. The molecule has 0 atom stereocenters. The lowest BCUT2D eigenvalue weighted by Crippen LogP contribution is -2.47. The number of piperazine rings is 1. The topological polar surface area (TPSA) is 74.4 Å². The lowest BCUT2D eigenvalue weighted by Gasteiger charge is -2.36. The van der Waals surface area contributed by atoms with Crippen molar-refractivity contribution >= 4 is 22.9 Å². The van der Waals surface area contributed by atoms with E-state index in [0.29, 0.717) is 11.3 Å². The van der Waals surface area contributed by atoms with Crippen molar-refractivity contribution in [3.8, 4) is 0 Å². The van der Waals surface area contributed by atoms with Crippen molar-refractivity contribution in [3.63, 3.8) is 0 Å². The normalized spacial score (nSPS) is 22.7. The summed E-state index contributed by atoms with van der Waals surface area (Å²) in [6.07, 6.45) is 5.26. The second kappa shape index (κ2) is 5.84. The van der Waals surface area contributed by atoms with Gasteiger partial charge in [0.25, 0.3) is 0 Å². The smallest absolute Gasteiger partial charge is 0.245 e. The first-order chi connectivity index (χ1) is 11.9. The first kappa shape index (κ1) is 14.4. The first-order valence-corrected chi connectivity index (χ1v) is 9.09. The maximum Gasteiger partial charge on any atom is 0.245 e. The van der Waals surface area contributed by atoms with E-state index in [9.17, 15) is 0 Å². The van der Waals surface area contributed by atoms with Crippen LogP contribution in [0.15, 0.2) is 4.63 Å². The predicted molar refractivity (Wildman–Crippen MR) is 90.2 cm³/mol. The van der Waals surface area contributed by atoms with Crippen LogP contribution in [0, 0.1) is 5.92 Å². The molecule has 0 N–H and O–H groups in total. The molecule has 0 aromatic carbocycles. The molecule has 3 fully saturated rings. The summed E-state index contributed by atoms with van der Waals surface area (Å²) >= 11 is 0. The monoisotopic (exact) mass is 329 g/mol. The van der Waals surface area contributed by atoms with Crippen LogP contribution < -0.4 is 9.80 Å². The second-order valence-corrected chi connectivity index (χ2v) is 7.21. The molecular weight excluding hydrogens is 306 g/mol. The number of aromatic nitrogens is 4. The number of rotatable bonds is 4.